The van der Waals surface area contributed by atoms with Crippen LogP contribution in [-0.4, -0.2) is 40.2 Å². The first-order valence-corrected chi connectivity index (χ1v) is 9.46. The molecular formula is C21H21N5O2. The van der Waals surface area contributed by atoms with Gasteiger partial charge in [0.05, 0.1) is 13.2 Å². The molecule has 2 aromatic carbocycles. The Hall–Kier alpha value is -3.19. The minimum atomic E-state index is -0.424. The van der Waals surface area contributed by atoms with Gasteiger partial charge in [-0.3, -0.25) is 0 Å². The zero-order valence-electron chi connectivity index (χ0n) is 15.6. The Morgan fingerprint density at radius 2 is 1.93 bits per heavy atom. The van der Waals surface area contributed by atoms with Crippen LogP contribution in [0.5, 0.6) is 5.75 Å². The number of epoxide rings is 1. The van der Waals surface area contributed by atoms with E-state index in [0.29, 0.717) is 38.0 Å². The molecule has 1 atom stereocenters. The van der Waals surface area contributed by atoms with Crippen molar-refractivity contribution in [2.45, 2.75) is 19.1 Å². The van der Waals surface area contributed by atoms with E-state index in [-0.39, 0.29) is 0 Å². The molecular weight excluding hydrogens is 354 g/mol. The molecule has 2 aliphatic heterocycles. The lowest BCUT2D eigenvalue weighted by atomic mass is 10.1. The number of aromatic nitrogens is 3. The van der Waals surface area contributed by atoms with E-state index in [1.54, 1.807) is 0 Å². The number of anilines is 1. The molecule has 0 aliphatic carbocycles. The number of rotatable bonds is 6. The van der Waals surface area contributed by atoms with Crippen molar-refractivity contribution in [3.05, 3.63) is 54.6 Å². The maximum atomic E-state index is 5.77. The van der Waals surface area contributed by atoms with Gasteiger partial charge in [0.25, 0.3) is 5.95 Å². The van der Waals surface area contributed by atoms with Gasteiger partial charge in [0.2, 0.25) is 0 Å². The normalized spacial score (nSPS) is 19.8. The number of hydrogen-bond donors (Lipinski definition) is 1. The lowest BCUT2D eigenvalue weighted by Crippen LogP contribution is -2.30. The highest BCUT2D eigenvalue weighted by Crippen LogP contribution is 2.43. The number of hydrogen-bond acceptors (Lipinski definition) is 6. The van der Waals surface area contributed by atoms with E-state index >= 15 is 0 Å². The number of nitrogens with one attached hydrogen (secondary N) is 1. The molecule has 3 heterocycles. The number of ether oxygens (including phenoxy) is 2. The Bertz CT molecular complexity index is 1010. The molecule has 28 heavy (non-hydrogen) atoms. The van der Waals surface area contributed by atoms with Crippen molar-refractivity contribution in [3.8, 4) is 17.1 Å². The Labute approximate surface area is 163 Å². The quantitative estimate of drug-likeness (QED) is 0.666. The number of benzene rings is 2. The number of fused-ring (bicyclic) bond motifs is 2. The summed E-state index contributed by atoms with van der Waals surface area (Å²) in [7, 11) is 0. The molecule has 0 radical (unpaired) electrons. The third-order valence-electron chi connectivity index (χ3n) is 4.89. The maximum Gasteiger partial charge on any atom is 0.251 e. The molecule has 0 amide bonds. The topological polar surface area (TPSA) is 76.9 Å². The number of nitrogens with zero attached hydrogens (tertiary/aromatic N) is 4. The summed E-state index contributed by atoms with van der Waals surface area (Å²) < 4.78 is 13.1. The van der Waals surface area contributed by atoms with Gasteiger partial charge in [-0.25, -0.2) is 4.99 Å². The first-order chi connectivity index (χ1) is 13.8. The van der Waals surface area contributed by atoms with E-state index in [4.69, 9.17) is 14.5 Å². The Kier molecular flexibility index (Phi) is 4.09. The fourth-order valence-corrected chi connectivity index (χ4v) is 3.38. The minimum absolute atomic E-state index is 0.424. The summed E-state index contributed by atoms with van der Waals surface area (Å²) in [5.74, 6) is 2.15. The van der Waals surface area contributed by atoms with Crippen molar-refractivity contribution in [2.75, 3.05) is 25.1 Å². The summed E-state index contributed by atoms with van der Waals surface area (Å²) in [5.41, 5.74) is 2.58. The smallest absolute Gasteiger partial charge is 0.251 e. The molecule has 5 rings (SSSR count). The molecule has 2 aliphatic rings. The number of aliphatic imine (C=N–C) groups is 1. The molecule has 1 aromatic heterocycles. The van der Waals surface area contributed by atoms with E-state index in [0.717, 1.165) is 22.7 Å². The van der Waals surface area contributed by atoms with Crippen LogP contribution >= 0.6 is 0 Å². The van der Waals surface area contributed by atoms with Gasteiger partial charge >= 0.3 is 0 Å². The van der Waals surface area contributed by atoms with Gasteiger partial charge in [0.15, 0.2) is 11.5 Å². The molecule has 3 aromatic rings. The van der Waals surface area contributed by atoms with Crippen LogP contribution in [0.3, 0.4) is 0 Å². The lowest BCUT2D eigenvalue weighted by Gasteiger charge is -2.20. The van der Waals surface area contributed by atoms with Crippen LogP contribution in [0.2, 0.25) is 0 Å². The largest absolute Gasteiger partial charge is 0.494 e. The zero-order valence-corrected chi connectivity index (χ0v) is 15.6. The fraction of sp³-hybridized carbons (Fsp3) is 0.286. The van der Waals surface area contributed by atoms with Gasteiger partial charge in [0, 0.05) is 23.4 Å². The van der Waals surface area contributed by atoms with E-state index < -0.39 is 5.72 Å². The fourth-order valence-electron chi connectivity index (χ4n) is 3.38. The Balaban J connectivity index is 1.35. The maximum absolute atomic E-state index is 5.77. The summed E-state index contributed by atoms with van der Waals surface area (Å²) in [6.07, 6.45) is 0.710. The lowest BCUT2D eigenvalue weighted by molar-refractivity contribution is 0.211. The molecule has 7 nitrogen and oxygen atoms in total. The van der Waals surface area contributed by atoms with E-state index in [9.17, 15) is 0 Å². The summed E-state index contributed by atoms with van der Waals surface area (Å²) >= 11 is 0. The zero-order chi connectivity index (χ0) is 19.0. The van der Waals surface area contributed by atoms with E-state index in [1.165, 1.54) is 0 Å². The Morgan fingerprint density at radius 3 is 2.64 bits per heavy atom. The predicted octanol–water partition coefficient (Wildman–Crippen LogP) is 3.62. The van der Waals surface area contributed by atoms with Crippen molar-refractivity contribution in [1.82, 2.24) is 14.8 Å². The second-order valence-electron chi connectivity index (χ2n) is 6.91. The van der Waals surface area contributed by atoms with Gasteiger partial charge in [-0.1, -0.05) is 30.3 Å². The molecule has 1 N–H and O–H groups in total. The molecule has 1 spiro atoms. The third kappa shape index (κ3) is 3.14. The highest BCUT2D eigenvalue weighted by atomic mass is 16.6. The average Bonchev–Trinajstić information content (AvgIpc) is 3.35. The highest BCUT2D eigenvalue weighted by Gasteiger charge is 2.52. The minimum Gasteiger partial charge on any atom is -0.494 e. The first-order valence-electron chi connectivity index (χ1n) is 9.46. The molecule has 0 bridgehead atoms. The van der Waals surface area contributed by atoms with Crippen LogP contribution in [0.25, 0.3) is 11.4 Å². The van der Waals surface area contributed by atoms with Crippen molar-refractivity contribution in [3.63, 3.8) is 0 Å². The van der Waals surface area contributed by atoms with Crippen LogP contribution < -0.4 is 10.1 Å². The third-order valence-corrected chi connectivity index (χ3v) is 4.89. The second kappa shape index (κ2) is 6.76. The summed E-state index contributed by atoms with van der Waals surface area (Å²) in [5, 5.41) is 8.07. The van der Waals surface area contributed by atoms with Gasteiger partial charge in [0.1, 0.15) is 12.4 Å². The molecule has 1 fully saturated rings. The molecule has 0 saturated carbocycles. The SMILES string of the molecule is CCOc1ccc(NCC2=Nc3nc(-c4ccccc4)nn3C3(CO3)C2)cc1. The monoisotopic (exact) mass is 375 g/mol. The van der Waals surface area contributed by atoms with Crippen LogP contribution in [0.4, 0.5) is 11.6 Å². The van der Waals surface area contributed by atoms with Crippen molar-refractivity contribution in [2.24, 2.45) is 4.99 Å². The standard InChI is InChI=1S/C21H21N5O2/c1-2-27-18-10-8-16(9-11-18)22-13-17-12-21(14-28-21)26-20(23-17)24-19(25-26)15-6-4-3-5-7-15/h3-11,22H,2,12-14H2,1H3. The summed E-state index contributed by atoms with van der Waals surface area (Å²) in [6.45, 7) is 3.91. The molecule has 1 unspecified atom stereocenters. The van der Waals surface area contributed by atoms with Gasteiger partial charge in [-0.05, 0) is 31.2 Å². The summed E-state index contributed by atoms with van der Waals surface area (Å²) in [4.78, 5) is 9.36. The van der Waals surface area contributed by atoms with Crippen molar-refractivity contribution in [1.29, 1.82) is 0 Å². The van der Waals surface area contributed by atoms with E-state index in [1.807, 2.05) is 66.2 Å². The summed E-state index contributed by atoms with van der Waals surface area (Å²) in [6, 6.07) is 17.9. The second-order valence-corrected chi connectivity index (χ2v) is 6.91. The van der Waals surface area contributed by atoms with Crippen LogP contribution in [0.15, 0.2) is 59.6 Å². The van der Waals surface area contributed by atoms with Gasteiger partial charge < -0.3 is 14.8 Å². The highest BCUT2D eigenvalue weighted by molar-refractivity contribution is 5.92. The molecule has 1 saturated heterocycles. The van der Waals surface area contributed by atoms with Crippen LogP contribution in [0.1, 0.15) is 13.3 Å². The Morgan fingerprint density at radius 1 is 1.14 bits per heavy atom. The van der Waals surface area contributed by atoms with E-state index in [2.05, 4.69) is 15.4 Å². The average molecular weight is 375 g/mol. The van der Waals surface area contributed by atoms with Crippen LogP contribution in [0, 0.1) is 0 Å². The van der Waals surface area contributed by atoms with Crippen molar-refractivity contribution < 1.29 is 9.47 Å². The first kappa shape index (κ1) is 16.9. The van der Waals surface area contributed by atoms with Crippen molar-refractivity contribution >= 4 is 17.3 Å². The van der Waals surface area contributed by atoms with Gasteiger partial charge in [-0.2, -0.15) is 9.67 Å². The predicted molar refractivity (Wildman–Crippen MR) is 107 cm³/mol. The molecule has 142 valence electrons. The molecule has 7 heteroatoms. The van der Waals surface area contributed by atoms with Gasteiger partial charge in [-0.15, -0.1) is 5.10 Å². The van der Waals surface area contributed by atoms with Crippen LogP contribution in [-0.2, 0) is 10.5 Å².